The molecule has 3 N–H and O–H groups in total. The third-order valence-corrected chi connectivity index (χ3v) is 6.07. The van der Waals surface area contributed by atoms with Crippen molar-refractivity contribution in [2.24, 2.45) is 5.92 Å². The molecule has 8 heteroatoms. The van der Waals surface area contributed by atoms with Crippen LogP contribution < -0.4 is 16.0 Å². The van der Waals surface area contributed by atoms with Gasteiger partial charge >= 0.3 is 5.97 Å². The zero-order valence-electron chi connectivity index (χ0n) is 21.1. The van der Waals surface area contributed by atoms with Crippen LogP contribution in [0, 0.1) is 5.92 Å². The van der Waals surface area contributed by atoms with Crippen molar-refractivity contribution in [3.05, 3.63) is 35.9 Å². The normalized spacial score (nSPS) is 22.8. The van der Waals surface area contributed by atoms with Gasteiger partial charge in [0.25, 0.3) is 0 Å². The first-order valence-corrected chi connectivity index (χ1v) is 12.9. The maximum Gasteiger partial charge on any atom is 0.305 e. The lowest BCUT2D eigenvalue weighted by molar-refractivity contribution is -0.145. The second-order valence-corrected chi connectivity index (χ2v) is 9.59. The van der Waals surface area contributed by atoms with Gasteiger partial charge in [-0.2, -0.15) is 0 Å². The molecule has 1 aliphatic heterocycles. The van der Waals surface area contributed by atoms with Crippen LogP contribution in [0.1, 0.15) is 77.2 Å². The second kappa shape index (κ2) is 15.9. The Hall–Kier alpha value is -2.90. The van der Waals surface area contributed by atoms with E-state index in [-0.39, 0.29) is 48.7 Å². The summed E-state index contributed by atoms with van der Waals surface area (Å²) in [6.07, 6.45) is 6.24. The highest BCUT2D eigenvalue weighted by Gasteiger charge is 2.24. The Kier molecular flexibility index (Phi) is 12.9. The van der Waals surface area contributed by atoms with Gasteiger partial charge in [0.15, 0.2) is 0 Å². The molecule has 8 nitrogen and oxygen atoms in total. The first-order chi connectivity index (χ1) is 16.8. The second-order valence-electron chi connectivity index (χ2n) is 9.59. The predicted molar refractivity (Wildman–Crippen MR) is 134 cm³/mol. The number of nitrogens with one attached hydrogen (secondary N) is 3. The summed E-state index contributed by atoms with van der Waals surface area (Å²) in [5.74, 6) is -0.826. The van der Waals surface area contributed by atoms with E-state index in [1.807, 2.05) is 44.2 Å². The molecule has 1 aromatic rings. The molecular formula is C27H41N3O5. The van der Waals surface area contributed by atoms with Crippen molar-refractivity contribution in [1.29, 1.82) is 0 Å². The summed E-state index contributed by atoms with van der Waals surface area (Å²) < 4.78 is 5.45. The van der Waals surface area contributed by atoms with E-state index in [0.29, 0.717) is 32.2 Å². The molecule has 1 aliphatic rings. The molecule has 194 valence electrons. The van der Waals surface area contributed by atoms with Crippen LogP contribution in [0.3, 0.4) is 0 Å². The van der Waals surface area contributed by atoms with Gasteiger partial charge in [-0.15, -0.1) is 0 Å². The standard InChI is InChI=1S/C27H41N3O5/c1-20(2)26-27(34)28-17-11-16-25(33)35-19-22(18-21-12-7-6-8-13-21)29-23(31)14-9-4-3-5-10-15-24(32)30-26/h6-8,12-13,20,22,26H,3-5,9-11,14-19H2,1-2H3,(H,28,34)(H,29,31)(H,30,32)/t22-,26-/m0/s1. The lowest BCUT2D eigenvalue weighted by atomic mass is 10.0. The van der Waals surface area contributed by atoms with Gasteiger partial charge in [0.1, 0.15) is 12.6 Å². The molecule has 0 unspecified atom stereocenters. The molecule has 0 bridgehead atoms. The van der Waals surface area contributed by atoms with Crippen LogP contribution in [0.15, 0.2) is 30.3 Å². The van der Waals surface area contributed by atoms with E-state index in [9.17, 15) is 19.2 Å². The van der Waals surface area contributed by atoms with Crippen LogP contribution in [0.2, 0.25) is 0 Å². The summed E-state index contributed by atoms with van der Waals surface area (Å²) in [4.78, 5) is 49.6. The molecule has 0 aromatic heterocycles. The lowest BCUT2D eigenvalue weighted by Crippen LogP contribution is -2.49. The van der Waals surface area contributed by atoms with Crippen LogP contribution in [-0.4, -0.2) is 48.9 Å². The molecular weight excluding hydrogens is 446 g/mol. The maximum absolute atomic E-state index is 12.6. The third-order valence-electron chi connectivity index (χ3n) is 6.07. The van der Waals surface area contributed by atoms with Crippen LogP contribution in [0.25, 0.3) is 0 Å². The van der Waals surface area contributed by atoms with Crippen LogP contribution in [0.5, 0.6) is 0 Å². The lowest BCUT2D eigenvalue weighted by Gasteiger charge is -2.22. The van der Waals surface area contributed by atoms with E-state index in [4.69, 9.17) is 4.74 Å². The van der Waals surface area contributed by atoms with Gasteiger partial charge in [-0.05, 0) is 37.2 Å². The number of carbonyl (C=O) groups excluding carboxylic acids is 4. The Morgan fingerprint density at radius 1 is 0.829 bits per heavy atom. The van der Waals surface area contributed by atoms with Gasteiger partial charge in [-0.25, -0.2) is 0 Å². The number of hydrogen-bond acceptors (Lipinski definition) is 5. The number of hydrogen-bond donors (Lipinski definition) is 3. The average Bonchev–Trinajstić information content (AvgIpc) is 2.83. The molecule has 1 aromatic carbocycles. The van der Waals surface area contributed by atoms with Crippen molar-refractivity contribution in [2.45, 2.75) is 90.1 Å². The van der Waals surface area contributed by atoms with Crippen molar-refractivity contribution in [1.82, 2.24) is 16.0 Å². The largest absolute Gasteiger partial charge is 0.463 e. The number of cyclic esters (lactones) is 1. The smallest absolute Gasteiger partial charge is 0.305 e. The molecule has 0 spiro atoms. The minimum Gasteiger partial charge on any atom is -0.463 e. The molecule has 1 heterocycles. The first-order valence-electron chi connectivity index (χ1n) is 12.9. The van der Waals surface area contributed by atoms with Gasteiger partial charge in [0.05, 0.1) is 6.04 Å². The van der Waals surface area contributed by atoms with Crippen molar-refractivity contribution in [3.8, 4) is 0 Å². The number of carbonyl (C=O) groups is 4. The molecule has 2 atom stereocenters. The fourth-order valence-electron chi connectivity index (χ4n) is 4.05. The monoisotopic (exact) mass is 487 g/mol. The zero-order valence-corrected chi connectivity index (χ0v) is 21.1. The van der Waals surface area contributed by atoms with Crippen molar-refractivity contribution in [3.63, 3.8) is 0 Å². The molecule has 0 aliphatic carbocycles. The summed E-state index contributed by atoms with van der Waals surface area (Å²) in [6.45, 7) is 4.21. The minimum atomic E-state index is -0.598. The van der Waals surface area contributed by atoms with Gasteiger partial charge in [0, 0.05) is 25.8 Å². The zero-order chi connectivity index (χ0) is 25.5. The molecule has 3 amide bonds. The molecule has 2 rings (SSSR count). The summed E-state index contributed by atoms with van der Waals surface area (Å²) in [5.41, 5.74) is 1.06. The topological polar surface area (TPSA) is 114 Å². The fourth-order valence-corrected chi connectivity index (χ4v) is 4.05. The first kappa shape index (κ1) is 28.3. The minimum absolute atomic E-state index is 0.0443. The van der Waals surface area contributed by atoms with Crippen LogP contribution in [0.4, 0.5) is 0 Å². The highest BCUT2D eigenvalue weighted by atomic mass is 16.5. The number of ether oxygens (including phenoxy) is 1. The summed E-state index contributed by atoms with van der Waals surface area (Å²) in [7, 11) is 0. The Bertz CT molecular complexity index is 812. The van der Waals surface area contributed by atoms with E-state index < -0.39 is 6.04 Å². The van der Waals surface area contributed by atoms with Crippen LogP contribution >= 0.6 is 0 Å². The number of esters is 1. The number of benzene rings is 1. The highest BCUT2D eigenvalue weighted by Crippen LogP contribution is 2.10. The Labute approximate surface area is 208 Å². The Morgan fingerprint density at radius 3 is 2.11 bits per heavy atom. The van der Waals surface area contributed by atoms with Gasteiger partial charge in [-0.1, -0.05) is 63.4 Å². The Balaban J connectivity index is 1.97. The van der Waals surface area contributed by atoms with E-state index in [2.05, 4.69) is 16.0 Å². The average molecular weight is 488 g/mol. The van der Waals surface area contributed by atoms with E-state index in [1.54, 1.807) is 0 Å². The molecule has 0 saturated carbocycles. The van der Waals surface area contributed by atoms with Gasteiger partial charge in [0.2, 0.25) is 17.7 Å². The molecule has 0 radical (unpaired) electrons. The van der Waals surface area contributed by atoms with E-state index in [0.717, 1.165) is 37.7 Å². The maximum atomic E-state index is 12.6. The van der Waals surface area contributed by atoms with Crippen molar-refractivity contribution >= 4 is 23.7 Å². The van der Waals surface area contributed by atoms with E-state index >= 15 is 0 Å². The molecule has 1 fully saturated rings. The van der Waals surface area contributed by atoms with Crippen molar-refractivity contribution < 1.29 is 23.9 Å². The summed E-state index contributed by atoms with van der Waals surface area (Å²) >= 11 is 0. The van der Waals surface area contributed by atoms with Gasteiger partial charge in [-0.3, -0.25) is 19.2 Å². The van der Waals surface area contributed by atoms with E-state index in [1.165, 1.54) is 0 Å². The fraction of sp³-hybridized carbons (Fsp3) is 0.630. The SMILES string of the molecule is CC(C)[C@@H]1NC(=O)CCCCCCCC(=O)N[C@@H](Cc2ccccc2)COC(=O)CCCNC1=O. The van der Waals surface area contributed by atoms with Crippen molar-refractivity contribution in [2.75, 3.05) is 13.2 Å². The molecule has 1 saturated heterocycles. The highest BCUT2D eigenvalue weighted by molar-refractivity contribution is 5.87. The quantitative estimate of drug-likeness (QED) is 0.567. The number of rotatable bonds is 3. The Morgan fingerprint density at radius 2 is 1.46 bits per heavy atom. The van der Waals surface area contributed by atoms with Gasteiger partial charge < -0.3 is 20.7 Å². The summed E-state index contributed by atoms with van der Waals surface area (Å²) in [6, 6.07) is 8.90. The summed E-state index contributed by atoms with van der Waals surface area (Å²) in [5, 5.41) is 8.67. The third kappa shape index (κ3) is 11.9. The van der Waals surface area contributed by atoms with Crippen LogP contribution in [-0.2, 0) is 30.3 Å². The number of amides is 3. The molecule has 35 heavy (non-hydrogen) atoms. The predicted octanol–water partition coefficient (Wildman–Crippen LogP) is 3.04.